The molecule has 0 atom stereocenters. The van der Waals surface area contributed by atoms with E-state index in [4.69, 9.17) is 5.41 Å². The molecule has 2 N–H and O–H groups in total. The Bertz CT molecular complexity index is 80.5. The van der Waals surface area contributed by atoms with Crippen LogP contribution < -0.4 is 5.32 Å². The van der Waals surface area contributed by atoms with Crippen molar-refractivity contribution in [1.29, 1.82) is 5.41 Å². The maximum absolute atomic E-state index is 7.12. The highest BCUT2D eigenvalue weighted by atomic mass is 32.2. The van der Waals surface area contributed by atoms with Gasteiger partial charge >= 0.3 is 0 Å². The van der Waals surface area contributed by atoms with Gasteiger partial charge in [-0.25, -0.2) is 0 Å². The lowest BCUT2D eigenvalue weighted by Gasteiger charge is -2.06. The molecular weight excluding hydrogens is 120 g/mol. The lowest BCUT2D eigenvalue weighted by molar-refractivity contribution is 0.738. The molecule has 8 heavy (non-hydrogen) atoms. The van der Waals surface area contributed by atoms with E-state index in [0.717, 1.165) is 0 Å². The highest BCUT2D eigenvalue weighted by Crippen LogP contribution is 1.91. The summed E-state index contributed by atoms with van der Waals surface area (Å²) < 4.78 is 0. The van der Waals surface area contributed by atoms with Crippen LogP contribution in [-0.4, -0.2) is 17.5 Å². The van der Waals surface area contributed by atoms with Gasteiger partial charge in [-0.15, -0.1) is 0 Å². The summed E-state index contributed by atoms with van der Waals surface area (Å²) in [5.74, 6) is 0. The van der Waals surface area contributed by atoms with Crippen LogP contribution in [0.2, 0.25) is 0 Å². The third-order valence-corrected chi connectivity index (χ3v) is 1.15. The molecule has 0 rings (SSSR count). The van der Waals surface area contributed by atoms with Crippen LogP contribution in [0, 0.1) is 5.41 Å². The minimum Gasteiger partial charge on any atom is -0.363 e. The van der Waals surface area contributed by atoms with E-state index in [1.807, 2.05) is 20.1 Å². The lowest BCUT2D eigenvalue weighted by Crippen LogP contribution is -2.26. The summed E-state index contributed by atoms with van der Waals surface area (Å²) in [5, 5.41) is 10.6. The molecule has 0 radical (unpaired) electrons. The van der Waals surface area contributed by atoms with Crippen molar-refractivity contribution < 1.29 is 0 Å². The van der Waals surface area contributed by atoms with E-state index < -0.39 is 0 Å². The van der Waals surface area contributed by atoms with Crippen molar-refractivity contribution in [3.05, 3.63) is 0 Å². The van der Waals surface area contributed by atoms with Gasteiger partial charge in [0.2, 0.25) is 0 Å². The molecule has 0 saturated heterocycles. The molecule has 2 nitrogen and oxygen atoms in total. The molecule has 0 aliphatic rings. The predicted molar refractivity (Wildman–Crippen MR) is 39.5 cm³/mol. The summed E-state index contributed by atoms with van der Waals surface area (Å²) in [4.78, 5) is 0. The molecule has 0 aromatic carbocycles. The number of thioether (sulfide) groups is 1. The fourth-order valence-corrected chi connectivity index (χ4v) is 0.675. The third kappa shape index (κ3) is 3.99. The van der Waals surface area contributed by atoms with Crippen molar-refractivity contribution in [2.75, 3.05) is 6.26 Å². The maximum Gasteiger partial charge on any atom is 0.153 e. The van der Waals surface area contributed by atoms with Gasteiger partial charge in [0.15, 0.2) is 5.17 Å². The molecule has 0 saturated carbocycles. The van der Waals surface area contributed by atoms with E-state index in [2.05, 4.69) is 5.32 Å². The standard InChI is InChI=1S/C5H12N2S/c1-4(2)7-5(6)8-3/h4H,1-3H3,(H2,6,7). The Balaban J connectivity index is 3.25. The Kier molecular flexibility index (Phi) is 3.69. The van der Waals surface area contributed by atoms with E-state index in [-0.39, 0.29) is 0 Å². The third-order valence-electron chi connectivity index (χ3n) is 0.624. The highest BCUT2D eigenvalue weighted by molar-refractivity contribution is 8.13. The molecule has 3 heteroatoms. The number of rotatable bonds is 1. The van der Waals surface area contributed by atoms with E-state index >= 15 is 0 Å². The summed E-state index contributed by atoms with van der Waals surface area (Å²) >= 11 is 1.43. The molecule has 0 aliphatic heterocycles. The van der Waals surface area contributed by atoms with Crippen molar-refractivity contribution in [3.63, 3.8) is 0 Å². The number of amidine groups is 1. The highest BCUT2D eigenvalue weighted by Gasteiger charge is 1.92. The topological polar surface area (TPSA) is 35.9 Å². The summed E-state index contributed by atoms with van der Waals surface area (Å²) in [6.45, 7) is 4.04. The smallest absolute Gasteiger partial charge is 0.153 e. The zero-order chi connectivity index (χ0) is 6.57. The zero-order valence-corrected chi connectivity index (χ0v) is 6.30. The van der Waals surface area contributed by atoms with E-state index in [0.29, 0.717) is 11.2 Å². The fourth-order valence-electron chi connectivity index (χ4n) is 0.321. The van der Waals surface area contributed by atoms with E-state index in [1.54, 1.807) is 0 Å². The Labute approximate surface area is 54.6 Å². The van der Waals surface area contributed by atoms with Crippen LogP contribution in [0.1, 0.15) is 13.8 Å². The monoisotopic (exact) mass is 132 g/mol. The molecule has 0 aromatic heterocycles. The first-order valence-corrected chi connectivity index (χ1v) is 3.78. The normalized spacial score (nSPS) is 9.50. The lowest BCUT2D eigenvalue weighted by atomic mass is 10.4. The molecule has 0 heterocycles. The first-order valence-electron chi connectivity index (χ1n) is 2.56. The second-order valence-electron chi connectivity index (χ2n) is 1.83. The zero-order valence-electron chi connectivity index (χ0n) is 5.49. The molecule has 48 valence electrons. The minimum absolute atomic E-state index is 0.384. The van der Waals surface area contributed by atoms with Crippen molar-refractivity contribution in [1.82, 2.24) is 5.32 Å². The first-order chi connectivity index (χ1) is 3.66. The van der Waals surface area contributed by atoms with E-state index in [1.165, 1.54) is 11.8 Å². The number of nitrogens with one attached hydrogen (secondary N) is 2. The van der Waals surface area contributed by atoms with Gasteiger partial charge in [-0.3, -0.25) is 5.41 Å². The molecule has 0 aromatic rings. The van der Waals surface area contributed by atoms with Gasteiger partial charge in [-0.2, -0.15) is 0 Å². The average molecular weight is 132 g/mol. The quantitative estimate of drug-likeness (QED) is 0.416. The van der Waals surface area contributed by atoms with Crippen molar-refractivity contribution in [3.8, 4) is 0 Å². The van der Waals surface area contributed by atoms with Gasteiger partial charge in [-0.1, -0.05) is 11.8 Å². The average Bonchev–Trinajstić information content (AvgIpc) is 1.65. The summed E-state index contributed by atoms with van der Waals surface area (Å²) in [6.07, 6.45) is 1.89. The van der Waals surface area contributed by atoms with Crippen LogP contribution in [0.25, 0.3) is 0 Å². The molecule has 0 aliphatic carbocycles. The fraction of sp³-hybridized carbons (Fsp3) is 0.800. The van der Waals surface area contributed by atoms with Gasteiger partial charge < -0.3 is 5.32 Å². The van der Waals surface area contributed by atoms with Crippen LogP contribution in [0.5, 0.6) is 0 Å². The van der Waals surface area contributed by atoms with Crippen LogP contribution in [0.4, 0.5) is 0 Å². The van der Waals surface area contributed by atoms with Gasteiger partial charge in [-0.05, 0) is 20.1 Å². The second-order valence-corrected chi connectivity index (χ2v) is 2.65. The second kappa shape index (κ2) is 3.78. The van der Waals surface area contributed by atoms with Gasteiger partial charge in [0.1, 0.15) is 0 Å². The molecule has 0 bridgehead atoms. The SMILES string of the molecule is CSC(=N)NC(C)C. The largest absolute Gasteiger partial charge is 0.363 e. The van der Waals surface area contributed by atoms with Crippen LogP contribution >= 0.6 is 11.8 Å². The van der Waals surface area contributed by atoms with Crippen molar-refractivity contribution in [2.24, 2.45) is 0 Å². The van der Waals surface area contributed by atoms with Gasteiger partial charge in [0, 0.05) is 6.04 Å². The predicted octanol–water partition coefficient (Wildman–Crippen LogP) is 1.28. The Morgan fingerprint density at radius 2 is 2.12 bits per heavy atom. The number of hydrogen-bond donors (Lipinski definition) is 2. The van der Waals surface area contributed by atoms with Crippen molar-refractivity contribution >= 4 is 16.9 Å². The molecule has 0 fully saturated rings. The summed E-state index contributed by atoms with van der Waals surface area (Å²) in [6, 6.07) is 0.384. The summed E-state index contributed by atoms with van der Waals surface area (Å²) in [5.41, 5.74) is 0. The molecule has 0 spiro atoms. The van der Waals surface area contributed by atoms with E-state index in [9.17, 15) is 0 Å². The van der Waals surface area contributed by atoms with Gasteiger partial charge in [0.05, 0.1) is 0 Å². The Morgan fingerprint density at radius 1 is 1.62 bits per heavy atom. The number of hydrogen-bond acceptors (Lipinski definition) is 2. The molecule has 0 amide bonds. The molecule has 0 unspecified atom stereocenters. The van der Waals surface area contributed by atoms with Crippen LogP contribution in [0.3, 0.4) is 0 Å². The Morgan fingerprint density at radius 3 is 2.25 bits per heavy atom. The Hall–Kier alpha value is -0.180. The molecular formula is C5H12N2S. The maximum atomic E-state index is 7.12. The van der Waals surface area contributed by atoms with Crippen LogP contribution in [0.15, 0.2) is 0 Å². The van der Waals surface area contributed by atoms with Crippen molar-refractivity contribution in [2.45, 2.75) is 19.9 Å². The van der Waals surface area contributed by atoms with Crippen LogP contribution in [-0.2, 0) is 0 Å². The minimum atomic E-state index is 0.384. The summed E-state index contributed by atoms with van der Waals surface area (Å²) in [7, 11) is 0. The first kappa shape index (κ1) is 7.82. The van der Waals surface area contributed by atoms with Gasteiger partial charge in [0.25, 0.3) is 0 Å².